The maximum atomic E-state index is 12.3. The van der Waals surface area contributed by atoms with Gasteiger partial charge >= 0.3 is 5.51 Å². The van der Waals surface area contributed by atoms with Crippen LogP contribution in [0.3, 0.4) is 0 Å². The monoisotopic (exact) mass is 374 g/mol. The number of hydrogen-bond donors (Lipinski definition) is 1. The maximum Gasteiger partial charge on any atom is 0.446 e. The number of benzene rings is 1. The molecular formula is C16H17F3N2OS2. The van der Waals surface area contributed by atoms with E-state index in [2.05, 4.69) is 5.32 Å². The fourth-order valence-electron chi connectivity index (χ4n) is 2.16. The highest BCUT2D eigenvalue weighted by Crippen LogP contribution is 2.36. The number of nitrogens with zero attached hydrogens (tertiary/aromatic N) is 1. The molecule has 1 heterocycles. The molecule has 0 spiro atoms. The fraction of sp³-hybridized carbons (Fsp3) is 0.312. The van der Waals surface area contributed by atoms with Crippen LogP contribution in [0.25, 0.3) is 0 Å². The summed E-state index contributed by atoms with van der Waals surface area (Å²) < 4.78 is 36.9. The summed E-state index contributed by atoms with van der Waals surface area (Å²) in [6.07, 6.45) is 0. The zero-order valence-electron chi connectivity index (χ0n) is 13.1. The van der Waals surface area contributed by atoms with Gasteiger partial charge in [-0.15, -0.1) is 0 Å². The van der Waals surface area contributed by atoms with Gasteiger partial charge in [0.1, 0.15) is 0 Å². The van der Waals surface area contributed by atoms with Crippen molar-refractivity contribution >= 4 is 29.0 Å². The van der Waals surface area contributed by atoms with E-state index >= 15 is 0 Å². The zero-order chi connectivity index (χ0) is 17.7. The largest absolute Gasteiger partial charge is 0.446 e. The molecule has 3 nitrogen and oxygen atoms in total. The predicted octanol–water partition coefficient (Wildman–Crippen LogP) is 4.39. The number of rotatable bonds is 6. The minimum atomic E-state index is -4.33. The molecule has 0 fully saturated rings. The highest BCUT2D eigenvalue weighted by atomic mass is 32.2. The molecule has 1 N–H and O–H groups in total. The van der Waals surface area contributed by atoms with Crippen LogP contribution < -0.4 is 5.32 Å². The molecule has 0 aliphatic carbocycles. The topological polar surface area (TPSA) is 32.3 Å². The van der Waals surface area contributed by atoms with Gasteiger partial charge in [0.05, 0.1) is 6.04 Å². The van der Waals surface area contributed by atoms with Gasteiger partial charge in [-0.25, -0.2) is 0 Å². The second kappa shape index (κ2) is 8.04. The molecule has 1 amide bonds. The van der Waals surface area contributed by atoms with Crippen LogP contribution in [0.2, 0.25) is 0 Å². The van der Waals surface area contributed by atoms with Crippen molar-refractivity contribution in [3.63, 3.8) is 0 Å². The predicted molar refractivity (Wildman–Crippen MR) is 91.4 cm³/mol. The lowest BCUT2D eigenvalue weighted by Crippen LogP contribution is -2.34. The molecule has 0 saturated carbocycles. The second-order valence-electron chi connectivity index (χ2n) is 5.32. The molecule has 0 unspecified atom stereocenters. The van der Waals surface area contributed by atoms with Crippen LogP contribution >= 0.6 is 23.1 Å². The van der Waals surface area contributed by atoms with Gasteiger partial charge in [-0.1, -0.05) is 0 Å². The summed E-state index contributed by atoms with van der Waals surface area (Å²) in [4.78, 5) is 14.2. The molecule has 130 valence electrons. The molecule has 1 aromatic heterocycles. The van der Waals surface area contributed by atoms with Crippen molar-refractivity contribution in [3.8, 4) is 0 Å². The molecule has 0 aliphatic heterocycles. The van der Waals surface area contributed by atoms with Crippen LogP contribution in [0.5, 0.6) is 0 Å². The highest BCUT2D eigenvalue weighted by Gasteiger charge is 2.29. The smallest absolute Gasteiger partial charge is 0.350 e. The first-order chi connectivity index (χ1) is 11.3. The minimum Gasteiger partial charge on any atom is -0.350 e. The molecule has 24 heavy (non-hydrogen) atoms. The highest BCUT2D eigenvalue weighted by molar-refractivity contribution is 8.00. The third-order valence-electron chi connectivity index (χ3n) is 3.36. The molecule has 2 rings (SSSR count). The molecular weight excluding hydrogens is 357 g/mol. The average Bonchev–Trinajstić information content (AvgIpc) is 3.00. The van der Waals surface area contributed by atoms with Crippen molar-refractivity contribution in [1.29, 1.82) is 0 Å². The normalized spacial score (nSPS) is 13.1. The van der Waals surface area contributed by atoms with Crippen LogP contribution in [0.1, 0.15) is 22.0 Å². The van der Waals surface area contributed by atoms with E-state index in [-0.39, 0.29) is 28.6 Å². The van der Waals surface area contributed by atoms with Crippen molar-refractivity contribution in [1.82, 2.24) is 10.2 Å². The number of amides is 1. The number of halogens is 3. The Bertz CT molecular complexity index is 655. The van der Waals surface area contributed by atoms with E-state index in [0.717, 1.165) is 5.56 Å². The van der Waals surface area contributed by atoms with Crippen LogP contribution in [0, 0.1) is 0 Å². The van der Waals surface area contributed by atoms with Crippen molar-refractivity contribution < 1.29 is 18.0 Å². The first-order valence-electron chi connectivity index (χ1n) is 7.09. The molecule has 2 aromatic rings. The Morgan fingerprint density at radius 3 is 2.42 bits per heavy atom. The van der Waals surface area contributed by atoms with Gasteiger partial charge in [-0.2, -0.15) is 24.5 Å². The Kier molecular flexibility index (Phi) is 6.31. The Morgan fingerprint density at radius 2 is 1.92 bits per heavy atom. The molecule has 1 atom stereocenters. The Balaban J connectivity index is 1.96. The van der Waals surface area contributed by atoms with Crippen LogP contribution in [0.15, 0.2) is 46.0 Å². The van der Waals surface area contributed by atoms with E-state index in [1.165, 1.54) is 24.3 Å². The number of likely N-dealkylation sites (N-methyl/N-ethyl adjacent to an activating group) is 1. The third kappa shape index (κ3) is 5.54. The molecule has 0 bridgehead atoms. The summed E-state index contributed by atoms with van der Waals surface area (Å²) in [7, 11) is 3.86. The third-order valence-corrected chi connectivity index (χ3v) is 4.80. The van der Waals surface area contributed by atoms with Gasteiger partial charge in [0.25, 0.3) is 5.91 Å². The summed E-state index contributed by atoms with van der Waals surface area (Å²) in [6.45, 7) is 0.418. The van der Waals surface area contributed by atoms with Gasteiger partial charge in [-0.3, -0.25) is 4.79 Å². The van der Waals surface area contributed by atoms with Crippen LogP contribution in [-0.2, 0) is 0 Å². The Labute approximate surface area is 146 Å². The van der Waals surface area contributed by atoms with Gasteiger partial charge in [0.15, 0.2) is 0 Å². The maximum absolute atomic E-state index is 12.3. The summed E-state index contributed by atoms with van der Waals surface area (Å²) in [5.41, 5.74) is -2.88. The number of carbonyl (C=O) groups is 1. The second-order valence-corrected chi connectivity index (χ2v) is 7.24. The molecule has 0 saturated heterocycles. The number of thioether (sulfide) groups is 1. The van der Waals surface area contributed by atoms with Gasteiger partial charge in [0, 0.05) is 17.0 Å². The molecule has 0 radical (unpaired) electrons. The van der Waals surface area contributed by atoms with Gasteiger partial charge in [0.2, 0.25) is 0 Å². The minimum absolute atomic E-state index is 0.0419. The molecule has 8 heteroatoms. The number of alkyl halides is 3. The van der Waals surface area contributed by atoms with Crippen LogP contribution in [0.4, 0.5) is 13.2 Å². The standard InChI is InChI=1S/C16H17F3N2OS2/c1-21(2)14(12-7-8-23-10-12)9-20-15(22)11-3-5-13(6-4-11)24-16(17,18)19/h3-8,10,14H,9H2,1-2H3,(H,20,22)/t14-/m0/s1. The van der Waals surface area contributed by atoms with E-state index in [1.54, 1.807) is 11.3 Å². The number of carbonyl (C=O) groups excluding carboxylic acids is 1. The summed E-state index contributed by atoms with van der Waals surface area (Å²) in [5, 5.41) is 6.84. The Hall–Kier alpha value is -1.51. The van der Waals surface area contributed by atoms with Crippen molar-refractivity contribution in [2.75, 3.05) is 20.6 Å². The number of thiophene rings is 1. The lowest BCUT2D eigenvalue weighted by molar-refractivity contribution is -0.0328. The van der Waals surface area contributed by atoms with Gasteiger partial charge < -0.3 is 10.2 Å². The number of nitrogens with one attached hydrogen (secondary N) is 1. The first kappa shape index (κ1) is 18.8. The average molecular weight is 374 g/mol. The lowest BCUT2D eigenvalue weighted by atomic mass is 10.1. The molecule has 0 aliphatic rings. The summed E-state index contributed by atoms with van der Waals surface area (Å²) in [5.74, 6) is -0.305. The summed E-state index contributed by atoms with van der Waals surface area (Å²) in [6, 6.07) is 7.45. The van der Waals surface area contributed by atoms with E-state index in [4.69, 9.17) is 0 Å². The van der Waals surface area contributed by atoms with Crippen molar-refractivity contribution in [2.24, 2.45) is 0 Å². The quantitative estimate of drug-likeness (QED) is 0.761. The van der Waals surface area contributed by atoms with E-state index in [9.17, 15) is 18.0 Å². The van der Waals surface area contributed by atoms with Crippen LogP contribution in [-0.4, -0.2) is 37.0 Å². The summed E-state index contributed by atoms with van der Waals surface area (Å²) >= 11 is 1.39. The first-order valence-corrected chi connectivity index (χ1v) is 8.85. The van der Waals surface area contributed by atoms with E-state index in [0.29, 0.717) is 12.1 Å². The zero-order valence-corrected chi connectivity index (χ0v) is 14.8. The Morgan fingerprint density at radius 1 is 1.25 bits per heavy atom. The van der Waals surface area contributed by atoms with Gasteiger partial charge in [-0.05, 0) is 72.5 Å². The van der Waals surface area contributed by atoms with Crippen molar-refractivity contribution in [3.05, 3.63) is 52.2 Å². The van der Waals surface area contributed by atoms with E-state index in [1.807, 2.05) is 35.8 Å². The lowest BCUT2D eigenvalue weighted by Gasteiger charge is -2.24. The SMILES string of the molecule is CN(C)[C@@H](CNC(=O)c1ccc(SC(F)(F)F)cc1)c1ccsc1. The fourth-order valence-corrected chi connectivity index (χ4v) is 3.41. The van der Waals surface area contributed by atoms with Crippen molar-refractivity contribution in [2.45, 2.75) is 16.4 Å². The molecule has 1 aromatic carbocycles. The number of hydrogen-bond acceptors (Lipinski definition) is 4. The van der Waals surface area contributed by atoms with E-state index < -0.39 is 5.51 Å².